The summed E-state index contributed by atoms with van der Waals surface area (Å²) in [5.74, 6) is 0.464. The fraction of sp³-hybridized carbons (Fsp3) is 0.214. The van der Waals surface area contributed by atoms with Crippen LogP contribution in [0.1, 0.15) is 16.1 Å². The second kappa shape index (κ2) is 6.07. The first-order chi connectivity index (χ1) is 10.9. The number of rotatable bonds is 2. The van der Waals surface area contributed by atoms with E-state index in [4.69, 9.17) is 0 Å². The van der Waals surface area contributed by atoms with E-state index in [1.54, 1.807) is 18.2 Å². The van der Waals surface area contributed by atoms with E-state index in [1.165, 1.54) is 24.0 Å². The SMILES string of the molecule is O=C(NC1=NCCS1)c1cccc(-n2ccc(C(F)(F)F)n2)c1. The highest BCUT2D eigenvalue weighted by Gasteiger charge is 2.33. The van der Waals surface area contributed by atoms with Crippen LogP contribution >= 0.6 is 11.8 Å². The number of amidine groups is 1. The normalized spacial score (nSPS) is 14.7. The molecule has 1 N–H and O–H groups in total. The minimum atomic E-state index is -4.50. The van der Waals surface area contributed by atoms with E-state index >= 15 is 0 Å². The van der Waals surface area contributed by atoms with Crippen LogP contribution in [0.25, 0.3) is 5.69 Å². The van der Waals surface area contributed by atoms with Crippen LogP contribution in [0.5, 0.6) is 0 Å². The van der Waals surface area contributed by atoms with Gasteiger partial charge in [-0.05, 0) is 24.3 Å². The lowest BCUT2D eigenvalue weighted by Crippen LogP contribution is -2.27. The molecule has 1 aliphatic rings. The number of nitrogens with one attached hydrogen (secondary N) is 1. The Morgan fingerprint density at radius 3 is 2.78 bits per heavy atom. The summed E-state index contributed by atoms with van der Waals surface area (Å²) in [5, 5.41) is 6.71. The van der Waals surface area contributed by atoms with E-state index in [9.17, 15) is 18.0 Å². The molecule has 1 aliphatic heterocycles. The van der Waals surface area contributed by atoms with Crippen molar-refractivity contribution < 1.29 is 18.0 Å². The predicted octanol–water partition coefficient (Wildman–Crippen LogP) is 2.72. The zero-order valence-electron chi connectivity index (χ0n) is 11.7. The van der Waals surface area contributed by atoms with Gasteiger partial charge in [-0.25, -0.2) is 4.68 Å². The molecule has 5 nitrogen and oxygen atoms in total. The van der Waals surface area contributed by atoms with Gasteiger partial charge < -0.3 is 5.32 Å². The number of nitrogens with zero attached hydrogens (tertiary/aromatic N) is 3. The van der Waals surface area contributed by atoms with E-state index in [0.29, 0.717) is 23.0 Å². The van der Waals surface area contributed by atoms with Crippen molar-refractivity contribution in [1.82, 2.24) is 15.1 Å². The number of amides is 1. The molecule has 1 aromatic carbocycles. The summed E-state index contributed by atoms with van der Waals surface area (Å²) in [7, 11) is 0. The summed E-state index contributed by atoms with van der Waals surface area (Å²) < 4.78 is 38.9. The molecule has 0 unspecified atom stereocenters. The van der Waals surface area contributed by atoms with E-state index < -0.39 is 11.9 Å². The van der Waals surface area contributed by atoms with Gasteiger partial charge in [0.1, 0.15) is 0 Å². The summed E-state index contributed by atoms with van der Waals surface area (Å²) in [6, 6.07) is 7.10. The number of alkyl halides is 3. The minimum absolute atomic E-state index is 0.321. The first kappa shape index (κ1) is 15.6. The van der Waals surface area contributed by atoms with Crippen molar-refractivity contribution in [3.8, 4) is 5.69 Å². The Bertz CT molecular complexity index is 769. The number of thioether (sulfide) groups is 1. The summed E-state index contributed by atoms with van der Waals surface area (Å²) in [5.41, 5.74) is -0.292. The lowest BCUT2D eigenvalue weighted by atomic mass is 10.2. The molecular formula is C14H11F3N4OS. The molecule has 23 heavy (non-hydrogen) atoms. The number of aromatic nitrogens is 2. The largest absolute Gasteiger partial charge is 0.435 e. The van der Waals surface area contributed by atoms with Gasteiger partial charge in [-0.1, -0.05) is 17.8 Å². The van der Waals surface area contributed by atoms with Crippen molar-refractivity contribution in [3.63, 3.8) is 0 Å². The Morgan fingerprint density at radius 1 is 1.30 bits per heavy atom. The van der Waals surface area contributed by atoms with Crippen LogP contribution < -0.4 is 5.32 Å². The number of hydrogen-bond donors (Lipinski definition) is 1. The molecule has 1 amide bonds. The number of hydrogen-bond acceptors (Lipinski definition) is 4. The molecule has 2 aromatic rings. The predicted molar refractivity (Wildman–Crippen MR) is 80.8 cm³/mol. The van der Waals surface area contributed by atoms with Gasteiger partial charge in [-0.2, -0.15) is 18.3 Å². The molecule has 0 saturated heterocycles. The number of carbonyl (C=O) groups excluding carboxylic acids is 1. The zero-order valence-corrected chi connectivity index (χ0v) is 12.5. The van der Waals surface area contributed by atoms with E-state index in [2.05, 4.69) is 15.4 Å². The van der Waals surface area contributed by atoms with Gasteiger partial charge in [0.05, 0.1) is 12.2 Å². The third-order valence-corrected chi connectivity index (χ3v) is 3.95. The zero-order chi connectivity index (χ0) is 16.4. The number of aliphatic imine (C=N–C) groups is 1. The maximum absolute atomic E-state index is 12.6. The second-order valence-electron chi connectivity index (χ2n) is 4.68. The summed E-state index contributed by atoms with van der Waals surface area (Å²) >= 11 is 1.45. The van der Waals surface area contributed by atoms with Crippen LogP contribution in [-0.4, -0.2) is 33.2 Å². The van der Waals surface area contributed by atoms with Crippen LogP contribution in [-0.2, 0) is 6.18 Å². The monoisotopic (exact) mass is 340 g/mol. The fourth-order valence-corrected chi connectivity index (χ4v) is 2.71. The fourth-order valence-electron chi connectivity index (χ4n) is 1.99. The van der Waals surface area contributed by atoms with E-state index in [0.717, 1.165) is 16.5 Å². The Labute approximate surface area is 133 Å². The van der Waals surface area contributed by atoms with Gasteiger partial charge in [0, 0.05) is 17.5 Å². The molecule has 0 bridgehead atoms. The molecular weight excluding hydrogens is 329 g/mol. The summed E-state index contributed by atoms with van der Waals surface area (Å²) in [4.78, 5) is 16.3. The standard InChI is InChI=1S/C14H11F3N4OS/c15-14(16,17)11-4-6-21(20-11)10-3-1-2-9(8-10)12(22)19-13-18-5-7-23-13/h1-4,6,8H,5,7H2,(H,18,19,22). The third-order valence-electron chi connectivity index (χ3n) is 3.06. The van der Waals surface area contributed by atoms with Crippen molar-refractivity contribution in [2.75, 3.05) is 12.3 Å². The van der Waals surface area contributed by atoms with Crippen LogP contribution in [0.3, 0.4) is 0 Å². The van der Waals surface area contributed by atoms with Crippen molar-refractivity contribution in [2.45, 2.75) is 6.18 Å². The van der Waals surface area contributed by atoms with Gasteiger partial charge in [-0.3, -0.25) is 9.79 Å². The molecule has 0 spiro atoms. The average molecular weight is 340 g/mol. The van der Waals surface area contributed by atoms with E-state index in [1.807, 2.05) is 0 Å². The lowest BCUT2D eigenvalue weighted by Gasteiger charge is -2.07. The molecule has 0 radical (unpaired) electrons. The maximum Gasteiger partial charge on any atom is 0.435 e. The number of benzene rings is 1. The van der Waals surface area contributed by atoms with E-state index in [-0.39, 0.29) is 5.91 Å². The van der Waals surface area contributed by atoms with Gasteiger partial charge in [-0.15, -0.1) is 0 Å². The molecule has 120 valence electrons. The van der Waals surface area contributed by atoms with Gasteiger partial charge in [0.2, 0.25) is 0 Å². The average Bonchev–Trinajstić information content (AvgIpc) is 3.18. The highest BCUT2D eigenvalue weighted by Crippen LogP contribution is 2.27. The smallest absolute Gasteiger partial charge is 0.301 e. The maximum atomic E-state index is 12.6. The van der Waals surface area contributed by atoms with Crippen molar-refractivity contribution in [2.24, 2.45) is 4.99 Å². The molecule has 0 fully saturated rings. The highest BCUT2D eigenvalue weighted by molar-refractivity contribution is 8.14. The second-order valence-corrected chi connectivity index (χ2v) is 5.77. The molecule has 9 heteroatoms. The Kier molecular flexibility index (Phi) is 4.12. The van der Waals surface area contributed by atoms with Gasteiger partial charge in [0.25, 0.3) is 5.91 Å². The Hall–Kier alpha value is -2.29. The van der Waals surface area contributed by atoms with Crippen LogP contribution in [0.2, 0.25) is 0 Å². The van der Waals surface area contributed by atoms with Gasteiger partial charge in [0.15, 0.2) is 10.9 Å². The number of carbonyl (C=O) groups is 1. The first-order valence-electron chi connectivity index (χ1n) is 6.65. The first-order valence-corrected chi connectivity index (χ1v) is 7.64. The molecule has 3 rings (SSSR count). The Balaban J connectivity index is 1.82. The van der Waals surface area contributed by atoms with Crippen LogP contribution in [0.15, 0.2) is 41.5 Å². The molecule has 0 atom stereocenters. The Morgan fingerprint density at radius 2 is 2.13 bits per heavy atom. The molecule has 1 aromatic heterocycles. The molecule has 0 saturated carbocycles. The molecule has 2 heterocycles. The third kappa shape index (κ3) is 3.55. The molecule has 0 aliphatic carbocycles. The topological polar surface area (TPSA) is 59.3 Å². The minimum Gasteiger partial charge on any atom is -0.301 e. The van der Waals surface area contributed by atoms with Crippen molar-refractivity contribution in [3.05, 3.63) is 47.8 Å². The van der Waals surface area contributed by atoms with Crippen molar-refractivity contribution >= 4 is 22.8 Å². The lowest BCUT2D eigenvalue weighted by molar-refractivity contribution is -0.141. The quantitative estimate of drug-likeness (QED) is 0.914. The number of halogens is 3. The summed E-state index contributed by atoms with van der Waals surface area (Å²) in [6.45, 7) is 0.661. The highest BCUT2D eigenvalue weighted by atomic mass is 32.2. The van der Waals surface area contributed by atoms with Crippen LogP contribution in [0, 0.1) is 0 Å². The summed E-state index contributed by atoms with van der Waals surface area (Å²) in [6.07, 6.45) is -3.30. The van der Waals surface area contributed by atoms with Gasteiger partial charge >= 0.3 is 6.18 Å². The van der Waals surface area contributed by atoms with Crippen LogP contribution in [0.4, 0.5) is 13.2 Å². The van der Waals surface area contributed by atoms with Crippen molar-refractivity contribution in [1.29, 1.82) is 0 Å².